The van der Waals surface area contributed by atoms with E-state index in [-0.39, 0.29) is 11.4 Å². The molecule has 0 amide bonds. The monoisotopic (exact) mass is 244 g/mol. The van der Waals surface area contributed by atoms with Gasteiger partial charge >= 0.3 is 6.18 Å². The molecule has 0 unspecified atom stereocenters. The zero-order chi connectivity index (χ0) is 13.2. The number of aryl methyl sites for hydroxylation is 1. The number of halogens is 3. The van der Waals surface area contributed by atoms with E-state index in [1.807, 2.05) is 6.07 Å². The number of hydrogen-bond donors (Lipinski definition) is 0. The van der Waals surface area contributed by atoms with E-state index in [2.05, 4.69) is 10.2 Å². The van der Waals surface area contributed by atoms with E-state index in [0.717, 1.165) is 4.90 Å². The summed E-state index contributed by atoms with van der Waals surface area (Å²) in [6, 6.07) is 1.86. The Morgan fingerprint density at radius 3 is 2.35 bits per heavy atom. The summed E-state index contributed by atoms with van der Waals surface area (Å²) in [6.07, 6.45) is -4.35. The smallest absolute Gasteiger partial charge is 0.348 e. The molecule has 17 heavy (non-hydrogen) atoms. The summed E-state index contributed by atoms with van der Waals surface area (Å²) in [4.78, 5) is 0.873. The second-order valence-corrected chi connectivity index (χ2v) is 3.69. The Kier molecular flexibility index (Phi) is 3.56. The van der Waals surface area contributed by atoms with Crippen molar-refractivity contribution < 1.29 is 13.2 Å². The first kappa shape index (κ1) is 13.2. The first-order valence-electron chi connectivity index (χ1n) is 4.78. The molecule has 0 saturated carbocycles. The average Bonchev–Trinajstić information content (AvgIpc) is 2.19. The summed E-state index contributed by atoms with van der Waals surface area (Å²) in [6.45, 7) is 2.11. The molecule has 0 aliphatic heterocycles. The van der Waals surface area contributed by atoms with Gasteiger partial charge in [-0.3, -0.25) is 0 Å². The van der Waals surface area contributed by atoms with Gasteiger partial charge in [-0.1, -0.05) is 0 Å². The SMILES string of the molecule is Cc1nnc(N(C)CC(F)(F)F)c(C#N)c1C. The molecule has 1 aromatic rings. The van der Waals surface area contributed by atoms with Crippen LogP contribution in [0, 0.1) is 25.2 Å². The van der Waals surface area contributed by atoms with Crippen LogP contribution in [0.15, 0.2) is 0 Å². The van der Waals surface area contributed by atoms with Crippen LogP contribution in [0.3, 0.4) is 0 Å². The lowest BCUT2D eigenvalue weighted by Gasteiger charge is -2.21. The number of rotatable bonds is 2. The maximum Gasteiger partial charge on any atom is 0.405 e. The van der Waals surface area contributed by atoms with Gasteiger partial charge in [-0.2, -0.15) is 23.5 Å². The molecule has 0 bridgehead atoms. The topological polar surface area (TPSA) is 52.8 Å². The van der Waals surface area contributed by atoms with Gasteiger partial charge in [0.25, 0.3) is 0 Å². The number of alkyl halides is 3. The third-order valence-corrected chi connectivity index (χ3v) is 2.33. The fourth-order valence-corrected chi connectivity index (χ4v) is 1.34. The molecule has 0 aliphatic rings. The lowest BCUT2D eigenvalue weighted by molar-refractivity contribution is -0.119. The minimum atomic E-state index is -4.35. The number of hydrogen-bond acceptors (Lipinski definition) is 4. The number of anilines is 1. The predicted molar refractivity (Wildman–Crippen MR) is 55.5 cm³/mol. The van der Waals surface area contributed by atoms with Crippen molar-refractivity contribution in [1.82, 2.24) is 10.2 Å². The lowest BCUT2D eigenvalue weighted by Crippen LogP contribution is -2.32. The van der Waals surface area contributed by atoms with Crippen molar-refractivity contribution in [2.45, 2.75) is 20.0 Å². The van der Waals surface area contributed by atoms with Crippen LogP contribution in [0.2, 0.25) is 0 Å². The van der Waals surface area contributed by atoms with Crippen LogP contribution in [-0.4, -0.2) is 30.0 Å². The summed E-state index contributed by atoms with van der Waals surface area (Å²) in [5.41, 5.74) is 1.21. The Bertz CT molecular complexity index is 462. The van der Waals surface area contributed by atoms with Crippen molar-refractivity contribution in [3.63, 3.8) is 0 Å². The van der Waals surface area contributed by atoms with Gasteiger partial charge in [0.15, 0.2) is 5.82 Å². The van der Waals surface area contributed by atoms with E-state index in [0.29, 0.717) is 11.3 Å². The highest BCUT2D eigenvalue weighted by Gasteiger charge is 2.31. The second kappa shape index (κ2) is 4.57. The van der Waals surface area contributed by atoms with Gasteiger partial charge in [-0.15, -0.1) is 5.10 Å². The number of nitriles is 1. The summed E-state index contributed by atoms with van der Waals surface area (Å²) in [5.74, 6) is -0.0482. The van der Waals surface area contributed by atoms with Gasteiger partial charge in [0, 0.05) is 7.05 Å². The summed E-state index contributed by atoms with van der Waals surface area (Å²) < 4.78 is 36.7. The molecule has 0 aromatic carbocycles. The van der Waals surface area contributed by atoms with Crippen LogP contribution in [0.25, 0.3) is 0 Å². The highest BCUT2D eigenvalue weighted by molar-refractivity contribution is 5.57. The Hall–Kier alpha value is -1.84. The van der Waals surface area contributed by atoms with E-state index in [1.165, 1.54) is 7.05 Å². The Labute approximate surface area is 96.7 Å². The number of nitrogens with zero attached hydrogens (tertiary/aromatic N) is 4. The van der Waals surface area contributed by atoms with Gasteiger partial charge in [-0.25, -0.2) is 0 Å². The molecule has 0 radical (unpaired) electrons. The van der Waals surface area contributed by atoms with Crippen molar-refractivity contribution in [1.29, 1.82) is 5.26 Å². The Morgan fingerprint density at radius 1 is 1.29 bits per heavy atom. The van der Waals surface area contributed by atoms with Crippen LogP contribution >= 0.6 is 0 Å². The highest BCUT2D eigenvalue weighted by atomic mass is 19.4. The molecule has 4 nitrogen and oxygen atoms in total. The number of aromatic nitrogens is 2. The summed E-state index contributed by atoms with van der Waals surface area (Å²) in [7, 11) is 1.23. The average molecular weight is 244 g/mol. The minimum Gasteiger partial charge on any atom is -0.348 e. The normalized spacial score (nSPS) is 11.1. The zero-order valence-electron chi connectivity index (χ0n) is 9.63. The van der Waals surface area contributed by atoms with E-state index in [4.69, 9.17) is 5.26 Å². The standard InChI is InChI=1S/C10H11F3N4/c1-6-7(2)15-16-9(8(6)4-14)17(3)5-10(11,12)13/h5H2,1-3H3. The Morgan fingerprint density at radius 2 is 1.88 bits per heavy atom. The molecular formula is C10H11F3N4. The van der Waals surface area contributed by atoms with Crippen molar-refractivity contribution in [2.24, 2.45) is 0 Å². The largest absolute Gasteiger partial charge is 0.405 e. The van der Waals surface area contributed by atoms with Crippen LogP contribution in [0.1, 0.15) is 16.8 Å². The fraction of sp³-hybridized carbons (Fsp3) is 0.500. The van der Waals surface area contributed by atoms with Gasteiger partial charge < -0.3 is 4.90 Å². The van der Waals surface area contributed by atoms with Gasteiger partial charge in [0.2, 0.25) is 0 Å². The fourth-order valence-electron chi connectivity index (χ4n) is 1.34. The van der Waals surface area contributed by atoms with Crippen molar-refractivity contribution >= 4 is 5.82 Å². The molecule has 1 aromatic heterocycles. The van der Waals surface area contributed by atoms with Crippen LogP contribution in [-0.2, 0) is 0 Å². The summed E-state index contributed by atoms with van der Waals surface area (Å²) in [5, 5.41) is 16.3. The molecule has 0 spiro atoms. The molecular weight excluding hydrogens is 233 g/mol. The molecule has 0 atom stereocenters. The third-order valence-electron chi connectivity index (χ3n) is 2.33. The molecule has 0 aliphatic carbocycles. The zero-order valence-corrected chi connectivity index (χ0v) is 9.63. The predicted octanol–water partition coefficient (Wildman–Crippen LogP) is 1.96. The van der Waals surface area contributed by atoms with Crippen LogP contribution in [0.4, 0.5) is 19.0 Å². The third kappa shape index (κ3) is 3.06. The Balaban J connectivity index is 3.15. The van der Waals surface area contributed by atoms with Crippen LogP contribution in [0.5, 0.6) is 0 Å². The van der Waals surface area contributed by atoms with E-state index in [9.17, 15) is 13.2 Å². The van der Waals surface area contributed by atoms with E-state index < -0.39 is 12.7 Å². The lowest BCUT2D eigenvalue weighted by atomic mass is 10.1. The molecule has 1 rings (SSSR count). The highest BCUT2D eigenvalue weighted by Crippen LogP contribution is 2.23. The first-order valence-corrected chi connectivity index (χ1v) is 4.78. The molecule has 0 fully saturated rings. The summed E-state index contributed by atoms with van der Waals surface area (Å²) >= 11 is 0. The van der Waals surface area contributed by atoms with Crippen molar-refractivity contribution in [2.75, 3.05) is 18.5 Å². The van der Waals surface area contributed by atoms with Crippen molar-refractivity contribution in [3.8, 4) is 6.07 Å². The molecule has 0 saturated heterocycles. The second-order valence-electron chi connectivity index (χ2n) is 3.69. The molecule has 7 heteroatoms. The van der Waals surface area contributed by atoms with Crippen LogP contribution < -0.4 is 4.90 Å². The first-order chi connectivity index (χ1) is 7.76. The maximum atomic E-state index is 12.2. The molecule has 0 N–H and O–H groups in total. The maximum absolute atomic E-state index is 12.2. The molecule has 92 valence electrons. The van der Waals surface area contributed by atoms with Gasteiger partial charge in [0.05, 0.1) is 5.69 Å². The van der Waals surface area contributed by atoms with Crippen molar-refractivity contribution in [3.05, 3.63) is 16.8 Å². The quantitative estimate of drug-likeness (QED) is 0.798. The minimum absolute atomic E-state index is 0.0482. The van der Waals surface area contributed by atoms with Gasteiger partial charge in [-0.05, 0) is 19.4 Å². The van der Waals surface area contributed by atoms with E-state index >= 15 is 0 Å². The van der Waals surface area contributed by atoms with Gasteiger partial charge in [0.1, 0.15) is 18.2 Å². The van der Waals surface area contributed by atoms with E-state index in [1.54, 1.807) is 13.8 Å². The molecule has 1 heterocycles.